The summed E-state index contributed by atoms with van der Waals surface area (Å²) >= 11 is 12.1. The highest BCUT2D eigenvalue weighted by atomic mass is 35.5. The zero-order valence-corrected chi connectivity index (χ0v) is 15.4. The third-order valence-corrected chi connectivity index (χ3v) is 4.68. The molecule has 2 rings (SSSR count). The largest absolute Gasteiger partial charge is 0.385 e. The van der Waals surface area contributed by atoms with Crippen LogP contribution in [0.25, 0.3) is 0 Å². The van der Waals surface area contributed by atoms with Crippen LogP contribution in [0.1, 0.15) is 36.5 Å². The molecule has 1 aromatic rings. The zero-order chi connectivity index (χ0) is 17.7. The van der Waals surface area contributed by atoms with Gasteiger partial charge >= 0.3 is 0 Å². The Hall–Kier alpha value is -1.30. The number of carbonyl (C=O) groups excluding carboxylic acids is 2. The molecule has 0 aromatic heterocycles. The molecule has 24 heavy (non-hydrogen) atoms. The Morgan fingerprint density at radius 1 is 1.42 bits per heavy atom. The van der Waals surface area contributed by atoms with E-state index in [1.54, 1.807) is 30.2 Å². The summed E-state index contributed by atoms with van der Waals surface area (Å²) in [7, 11) is 1.63. The molecule has 0 radical (unpaired) electrons. The molecule has 1 aromatic carbocycles. The number of likely N-dealkylation sites (tertiary alicyclic amines) is 1. The second-order valence-electron chi connectivity index (χ2n) is 5.97. The lowest BCUT2D eigenvalue weighted by atomic mass is 10.1. The lowest BCUT2D eigenvalue weighted by molar-refractivity contribution is -0.125. The maximum absolute atomic E-state index is 12.8. The van der Waals surface area contributed by atoms with E-state index in [2.05, 4.69) is 5.32 Å². The average Bonchev–Trinajstić information content (AvgIpc) is 3.04. The summed E-state index contributed by atoms with van der Waals surface area (Å²) in [5.41, 5.74) is 0.330. The van der Waals surface area contributed by atoms with E-state index in [1.807, 2.05) is 6.92 Å². The van der Waals surface area contributed by atoms with Crippen LogP contribution in [0.5, 0.6) is 0 Å². The van der Waals surface area contributed by atoms with Crippen molar-refractivity contribution >= 4 is 35.0 Å². The number of methoxy groups -OCH3 is 1. The van der Waals surface area contributed by atoms with Gasteiger partial charge in [0, 0.05) is 31.3 Å². The highest BCUT2D eigenvalue weighted by Gasteiger charge is 2.35. The number of amides is 2. The van der Waals surface area contributed by atoms with Crippen LogP contribution in [0, 0.1) is 0 Å². The molecule has 1 saturated heterocycles. The van der Waals surface area contributed by atoms with Crippen molar-refractivity contribution in [3.05, 3.63) is 33.8 Å². The molecule has 2 atom stereocenters. The third kappa shape index (κ3) is 4.62. The predicted molar refractivity (Wildman–Crippen MR) is 94.6 cm³/mol. The molecule has 1 N–H and O–H groups in total. The van der Waals surface area contributed by atoms with Crippen molar-refractivity contribution in [1.29, 1.82) is 0 Å². The Morgan fingerprint density at radius 2 is 2.17 bits per heavy atom. The molecule has 0 saturated carbocycles. The van der Waals surface area contributed by atoms with E-state index < -0.39 is 6.04 Å². The molecule has 0 bridgehead atoms. The van der Waals surface area contributed by atoms with Gasteiger partial charge in [-0.25, -0.2) is 0 Å². The Kier molecular flexibility index (Phi) is 6.90. The first kappa shape index (κ1) is 19.0. The highest BCUT2D eigenvalue weighted by Crippen LogP contribution is 2.26. The maximum atomic E-state index is 12.8. The summed E-state index contributed by atoms with van der Waals surface area (Å²) in [6.45, 7) is 3.03. The number of halogens is 2. The summed E-state index contributed by atoms with van der Waals surface area (Å²) in [6.07, 6.45) is 2.16. The number of nitrogens with one attached hydrogen (secondary N) is 1. The first-order valence-corrected chi connectivity index (χ1v) is 8.75. The summed E-state index contributed by atoms with van der Waals surface area (Å²) < 4.78 is 5.02. The van der Waals surface area contributed by atoms with Crippen LogP contribution < -0.4 is 5.32 Å². The van der Waals surface area contributed by atoms with Gasteiger partial charge in [-0.15, -0.1) is 0 Å². The predicted octanol–water partition coefficient (Wildman–Crippen LogP) is 3.14. The molecule has 1 fully saturated rings. The van der Waals surface area contributed by atoms with Crippen molar-refractivity contribution in [1.82, 2.24) is 10.2 Å². The summed E-state index contributed by atoms with van der Waals surface area (Å²) in [5, 5.41) is 3.72. The summed E-state index contributed by atoms with van der Waals surface area (Å²) in [6, 6.07) is 4.28. The highest BCUT2D eigenvalue weighted by molar-refractivity contribution is 6.35. The van der Waals surface area contributed by atoms with Crippen LogP contribution in [0.15, 0.2) is 18.2 Å². The number of rotatable bonds is 6. The lowest BCUT2D eigenvalue weighted by Crippen LogP contribution is -2.48. The first-order chi connectivity index (χ1) is 11.4. The topological polar surface area (TPSA) is 58.6 Å². The average molecular weight is 373 g/mol. The molecule has 0 spiro atoms. The molecule has 2 amide bonds. The van der Waals surface area contributed by atoms with Gasteiger partial charge in [0.1, 0.15) is 6.04 Å². The van der Waals surface area contributed by atoms with Crippen molar-refractivity contribution in [3.63, 3.8) is 0 Å². The van der Waals surface area contributed by atoms with Crippen molar-refractivity contribution in [3.8, 4) is 0 Å². The van der Waals surface area contributed by atoms with Crippen LogP contribution in [0.4, 0.5) is 0 Å². The standard InChI is InChI=1S/C17H22Cl2N2O3/c1-11(7-9-24-2)20-16(22)15-4-3-8-21(15)17(23)13-10-12(18)5-6-14(13)19/h5-6,10-11,15H,3-4,7-9H2,1-2H3,(H,20,22). The molecule has 0 aliphatic carbocycles. The molecule has 5 nitrogen and oxygen atoms in total. The third-order valence-electron chi connectivity index (χ3n) is 4.12. The summed E-state index contributed by atoms with van der Waals surface area (Å²) in [4.78, 5) is 26.9. The molecule has 1 aliphatic heterocycles. The molecular weight excluding hydrogens is 351 g/mol. The minimum atomic E-state index is -0.474. The Bertz CT molecular complexity index is 609. The van der Waals surface area contributed by atoms with Crippen LogP contribution in [-0.4, -0.2) is 49.1 Å². The maximum Gasteiger partial charge on any atom is 0.256 e. The van der Waals surface area contributed by atoms with Crippen molar-refractivity contribution in [2.24, 2.45) is 0 Å². The second kappa shape index (κ2) is 8.70. The van der Waals surface area contributed by atoms with Gasteiger partial charge in [0.2, 0.25) is 5.91 Å². The first-order valence-electron chi connectivity index (χ1n) is 7.99. The van der Waals surface area contributed by atoms with Crippen LogP contribution in [0.3, 0.4) is 0 Å². The normalized spacial score (nSPS) is 18.5. The smallest absolute Gasteiger partial charge is 0.256 e. The van der Waals surface area contributed by atoms with Gasteiger partial charge < -0.3 is 15.0 Å². The molecule has 7 heteroatoms. The molecule has 1 heterocycles. The van der Waals surface area contributed by atoms with Gasteiger partial charge in [-0.1, -0.05) is 23.2 Å². The van der Waals surface area contributed by atoms with E-state index >= 15 is 0 Å². The number of carbonyl (C=O) groups is 2. The Morgan fingerprint density at radius 3 is 2.88 bits per heavy atom. The minimum absolute atomic E-state index is 0.00948. The quantitative estimate of drug-likeness (QED) is 0.834. The molecule has 2 unspecified atom stereocenters. The zero-order valence-electron chi connectivity index (χ0n) is 13.9. The number of ether oxygens (including phenoxy) is 1. The fourth-order valence-electron chi connectivity index (χ4n) is 2.80. The van der Waals surface area contributed by atoms with Gasteiger partial charge in [0.15, 0.2) is 0 Å². The van der Waals surface area contributed by atoms with E-state index in [4.69, 9.17) is 27.9 Å². The van der Waals surface area contributed by atoms with Crippen molar-refractivity contribution in [2.75, 3.05) is 20.3 Å². The molecule has 1 aliphatic rings. The van der Waals surface area contributed by atoms with Gasteiger partial charge in [-0.3, -0.25) is 9.59 Å². The van der Waals surface area contributed by atoms with Gasteiger partial charge in [-0.05, 0) is 44.4 Å². The second-order valence-corrected chi connectivity index (χ2v) is 6.82. The van der Waals surface area contributed by atoms with Crippen molar-refractivity contribution in [2.45, 2.75) is 38.3 Å². The van der Waals surface area contributed by atoms with Crippen LogP contribution in [-0.2, 0) is 9.53 Å². The fourth-order valence-corrected chi connectivity index (χ4v) is 3.17. The lowest BCUT2D eigenvalue weighted by Gasteiger charge is -2.26. The fraction of sp³-hybridized carbons (Fsp3) is 0.529. The SMILES string of the molecule is COCCC(C)NC(=O)C1CCCN1C(=O)c1cc(Cl)ccc1Cl. The van der Waals surface area contributed by atoms with E-state index in [1.165, 1.54) is 0 Å². The number of hydrogen-bond acceptors (Lipinski definition) is 3. The van der Waals surface area contributed by atoms with Gasteiger partial charge in [0.05, 0.1) is 10.6 Å². The number of hydrogen-bond donors (Lipinski definition) is 1. The summed E-state index contributed by atoms with van der Waals surface area (Å²) in [5.74, 6) is -0.396. The monoisotopic (exact) mass is 372 g/mol. The Balaban J connectivity index is 2.08. The molecule has 132 valence electrons. The van der Waals surface area contributed by atoms with E-state index in [9.17, 15) is 9.59 Å². The minimum Gasteiger partial charge on any atom is -0.385 e. The van der Waals surface area contributed by atoms with Crippen LogP contribution >= 0.6 is 23.2 Å². The molecular formula is C17H22Cl2N2O3. The Labute approximate surface area is 152 Å². The van der Waals surface area contributed by atoms with Crippen LogP contribution in [0.2, 0.25) is 10.0 Å². The van der Waals surface area contributed by atoms with E-state index in [0.717, 1.165) is 12.8 Å². The van der Waals surface area contributed by atoms with Gasteiger partial charge in [-0.2, -0.15) is 0 Å². The van der Waals surface area contributed by atoms with Gasteiger partial charge in [0.25, 0.3) is 5.91 Å². The van der Waals surface area contributed by atoms with E-state index in [0.29, 0.717) is 35.2 Å². The number of benzene rings is 1. The van der Waals surface area contributed by atoms with Crippen molar-refractivity contribution < 1.29 is 14.3 Å². The van der Waals surface area contributed by atoms with E-state index in [-0.39, 0.29) is 17.9 Å². The number of nitrogens with zero attached hydrogens (tertiary/aromatic N) is 1.